The molecule has 4 nitrogen and oxygen atoms in total. The number of ether oxygens (including phenoxy) is 1. The summed E-state index contributed by atoms with van der Waals surface area (Å²) in [6.07, 6.45) is 1.54. The van der Waals surface area contributed by atoms with Gasteiger partial charge in [-0.15, -0.1) is 0 Å². The normalized spacial score (nSPS) is 10.2. The largest absolute Gasteiger partial charge is 0.477 e. The minimum Gasteiger partial charge on any atom is -0.477 e. The van der Waals surface area contributed by atoms with E-state index in [1.165, 1.54) is 0 Å². The molecule has 1 aromatic carbocycles. The smallest absolute Gasteiger partial charge is 0.341 e. The number of rotatable bonds is 4. The van der Waals surface area contributed by atoms with Gasteiger partial charge in [0.15, 0.2) is 0 Å². The Morgan fingerprint density at radius 2 is 2.00 bits per heavy atom. The quantitative estimate of drug-likeness (QED) is 0.937. The molecule has 0 fully saturated rings. The van der Waals surface area contributed by atoms with Crippen molar-refractivity contribution in [3.8, 4) is 5.88 Å². The highest BCUT2D eigenvalue weighted by Crippen LogP contribution is 2.20. The SMILES string of the molecule is Cc1ccnc(OCc2ccc(Br)cc2)c1C(=O)O. The summed E-state index contributed by atoms with van der Waals surface area (Å²) in [6, 6.07) is 9.26. The van der Waals surface area contributed by atoms with E-state index < -0.39 is 5.97 Å². The highest BCUT2D eigenvalue weighted by molar-refractivity contribution is 9.10. The second-order valence-corrected chi connectivity index (χ2v) is 4.94. The van der Waals surface area contributed by atoms with Crippen LogP contribution < -0.4 is 4.74 Å². The number of carboxylic acid groups (broad SMARTS) is 1. The van der Waals surface area contributed by atoms with Crippen LogP contribution in [0, 0.1) is 6.92 Å². The van der Waals surface area contributed by atoms with E-state index in [2.05, 4.69) is 20.9 Å². The van der Waals surface area contributed by atoms with Crippen LogP contribution in [0.4, 0.5) is 0 Å². The maximum Gasteiger partial charge on any atom is 0.341 e. The van der Waals surface area contributed by atoms with Crippen molar-refractivity contribution in [3.05, 3.63) is 57.7 Å². The Hall–Kier alpha value is -1.88. The third-order valence-corrected chi connectivity index (χ3v) is 3.16. The zero-order valence-electron chi connectivity index (χ0n) is 10.3. The molecule has 0 amide bonds. The van der Waals surface area contributed by atoms with Gasteiger partial charge in [0.2, 0.25) is 5.88 Å². The number of aromatic carboxylic acids is 1. The number of pyridine rings is 1. The third-order valence-electron chi connectivity index (χ3n) is 2.63. The average molecular weight is 322 g/mol. The first-order valence-corrected chi connectivity index (χ1v) is 6.43. The Bertz CT molecular complexity index is 596. The van der Waals surface area contributed by atoms with Gasteiger partial charge in [0, 0.05) is 10.7 Å². The Kier molecular flexibility index (Phi) is 4.16. The van der Waals surface area contributed by atoms with Gasteiger partial charge in [-0.1, -0.05) is 28.1 Å². The van der Waals surface area contributed by atoms with Crippen LogP contribution in [0.5, 0.6) is 5.88 Å². The lowest BCUT2D eigenvalue weighted by Crippen LogP contribution is -2.07. The molecule has 0 saturated carbocycles. The van der Waals surface area contributed by atoms with Crippen molar-refractivity contribution in [2.45, 2.75) is 13.5 Å². The Morgan fingerprint density at radius 1 is 1.32 bits per heavy atom. The molecule has 0 aliphatic rings. The van der Waals surface area contributed by atoms with Crippen LogP contribution in [0.25, 0.3) is 0 Å². The number of benzene rings is 1. The summed E-state index contributed by atoms with van der Waals surface area (Å²) in [5.41, 5.74) is 1.69. The van der Waals surface area contributed by atoms with Gasteiger partial charge in [-0.05, 0) is 36.2 Å². The summed E-state index contributed by atoms with van der Waals surface area (Å²) in [5, 5.41) is 9.15. The second kappa shape index (κ2) is 5.84. The van der Waals surface area contributed by atoms with Gasteiger partial charge in [-0.2, -0.15) is 0 Å². The third kappa shape index (κ3) is 3.32. The predicted molar refractivity (Wildman–Crippen MR) is 74.4 cm³/mol. The summed E-state index contributed by atoms with van der Waals surface area (Å²) in [4.78, 5) is 15.2. The standard InChI is InChI=1S/C14H12BrNO3/c1-9-6-7-16-13(12(9)14(17)18)19-8-10-2-4-11(15)5-3-10/h2-7H,8H2,1H3,(H,17,18). The summed E-state index contributed by atoms with van der Waals surface area (Å²) in [6.45, 7) is 2.00. The van der Waals surface area contributed by atoms with Crippen LogP contribution in [0.2, 0.25) is 0 Å². The van der Waals surface area contributed by atoms with Crippen molar-refractivity contribution in [1.82, 2.24) is 4.98 Å². The number of hydrogen-bond donors (Lipinski definition) is 1. The fraction of sp³-hybridized carbons (Fsp3) is 0.143. The molecule has 98 valence electrons. The molecular weight excluding hydrogens is 310 g/mol. The number of aryl methyl sites for hydroxylation is 1. The lowest BCUT2D eigenvalue weighted by molar-refractivity contribution is 0.0689. The number of hydrogen-bond acceptors (Lipinski definition) is 3. The highest BCUT2D eigenvalue weighted by atomic mass is 79.9. The number of carbonyl (C=O) groups is 1. The highest BCUT2D eigenvalue weighted by Gasteiger charge is 2.15. The molecule has 0 atom stereocenters. The molecule has 0 saturated heterocycles. The fourth-order valence-electron chi connectivity index (χ4n) is 1.64. The minimum atomic E-state index is -1.03. The van der Waals surface area contributed by atoms with Gasteiger partial charge >= 0.3 is 5.97 Å². The van der Waals surface area contributed by atoms with Crippen LogP contribution in [0.1, 0.15) is 21.5 Å². The molecular formula is C14H12BrNO3. The van der Waals surface area contributed by atoms with Crippen molar-refractivity contribution in [3.63, 3.8) is 0 Å². The molecule has 0 spiro atoms. The summed E-state index contributed by atoms with van der Waals surface area (Å²) in [7, 11) is 0. The Labute approximate surface area is 119 Å². The summed E-state index contributed by atoms with van der Waals surface area (Å²) < 4.78 is 6.48. The zero-order chi connectivity index (χ0) is 13.8. The van der Waals surface area contributed by atoms with Gasteiger partial charge in [0.1, 0.15) is 12.2 Å². The van der Waals surface area contributed by atoms with Crippen LogP contribution >= 0.6 is 15.9 Å². The average Bonchev–Trinajstić information content (AvgIpc) is 2.37. The van der Waals surface area contributed by atoms with Crippen LogP contribution in [-0.4, -0.2) is 16.1 Å². The van der Waals surface area contributed by atoms with E-state index in [9.17, 15) is 4.79 Å². The number of halogens is 1. The first-order valence-electron chi connectivity index (χ1n) is 5.64. The van der Waals surface area contributed by atoms with Crippen molar-refractivity contribution < 1.29 is 14.6 Å². The first-order chi connectivity index (χ1) is 9.08. The maximum atomic E-state index is 11.2. The maximum absolute atomic E-state index is 11.2. The molecule has 0 bridgehead atoms. The molecule has 0 radical (unpaired) electrons. The second-order valence-electron chi connectivity index (χ2n) is 4.03. The predicted octanol–water partition coefficient (Wildman–Crippen LogP) is 3.43. The number of nitrogens with zero attached hydrogens (tertiary/aromatic N) is 1. The lowest BCUT2D eigenvalue weighted by Gasteiger charge is -2.09. The summed E-state index contributed by atoms with van der Waals surface area (Å²) in [5.74, 6) is -0.883. The van der Waals surface area contributed by atoms with E-state index in [4.69, 9.17) is 9.84 Å². The molecule has 0 aliphatic carbocycles. The number of carboxylic acids is 1. The van der Waals surface area contributed by atoms with E-state index in [0.717, 1.165) is 10.0 Å². The van der Waals surface area contributed by atoms with Gasteiger partial charge in [0.05, 0.1) is 0 Å². The fourth-order valence-corrected chi connectivity index (χ4v) is 1.90. The monoisotopic (exact) mass is 321 g/mol. The van der Waals surface area contributed by atoms with Crippen LogP contribution in [0.15, 0.2) is 41.0 Å². The molecule has 5 heteroatoms. The first kappa shape index (κ1) is 13.5. The molecule has 1 heterocycles. The van der Waals surface area contributed by atoms with E-state index in [0.29, 0.717) is 5.56 Å². The molecule has 0 unspecified atom stereocenters. The zero-order valence-corrected chi connectivity index (χ0v) is 11.8. The lowest BCUT2D eigenvalue weighted by atomic mass is 10.1. The van der Waals surface area contributed by atoms with Crippen LogP contribution in [0.3, 0.4) is 0 Å². The molecule has 1 N–H and O–H groups in total. The molecule has 2 aromatic rings. The van der Waals surface area contributed by atoms with E-state index in [1.807, 2.05) is 24.3 Å². The van der Waals surface area contributed by atoms with Gasteiger partial charge in [-0.25, -0.2) is 9.78 Å². The Balaban J connectivity index is 2.18. The number of aromatic nitrogens is 1. The van der Waals surface area contributed by atoms with Gasteiger partial charge in [-0.3, -0.25) is 0 Å². The van der Waals surface area contributed by atoms with Crippen LogP contribution in [-0.2, 0) is 6.61 Å². The van der Waals surface area contributed by atoms with Crippen molar-refractivity contribution in [1.29, 1.82) is 0 Å². The molecule has 0 aliphatic heterocycles. The van der Waals surface area contributed by atoms with Gasteiger partial charge in [0.25, 0.3) is 0 Å². The Morgan fingerprint density at radius 3 is 2.63 bits per heavy atom. The van der Waals surface area contributed by atoms with Crippen molar-refractivity contribution in [2.75, 3.05) is 0 Å². The van der Waals surface area contributed by atoms with E-state index >= 15 is 0 Å². The van der Waals surface area contributed by atoms with Crippen molar-refractivity contribution >= 4 is 21.9 Å². The van der Waals surface area contributed by atoms with Crippen molar-refractivity contribution in [2.24, 2.45) is 0 Å². The molecule has 2 rings (SSSR count). The van der Waals surface area contributed by atoms with E-state index in [-0.39, 0.29) is 18.1 Å². The van der Waals surface area contributed by atoms with Gasteiger partial charge < -0.3 is 9.84 Å². The molecule has 19 heavy (non-hydrogen) atoms. The molecule has 1 aromatic heterocycles. The summed E-state index contributed by atoms with van der Waals surface area (Å²) >= 11 is 3.35. The minimum absolute atomic E-state index is 0.111. The van der Waals surface area contributed by atoms with E-state index in [1.54, 1.807) is 19.2 Å². The topological polar surface area (TPSA) is 59.4 Å².